The van der Waals surface area contributed by atoms with Gasteiger partial charge >= 0.3 is 5.97 Å². The fourth-order valence-corrected chi connectivity index (χ4v) is 4.37. The normalized spacial score (nSPS) is 28.0. The number of ketones is 1. The molecular formula is C22H25NO4. The molecule has 142 valence electrons. The Morgan fingerprint density at radius 1 is 1.22 bits per heavy atom. The van der Waals surface area contributed by atoms with E-state index in [1.807, 2.05) is 37.3 Å². The number of rotatable bonds is 4. The molecule has 0 radical (unpaired) electrons. The molecule has 5 nitrogen and oxygen atoms in total. The predicted molar refractivity (Wildman–Crippen MR) is 102 cm³/mol. The zero-order valence-corrected chi connectivity index (χ0v) is 15.6. The number of Topliss-reactive ketones (excluding diaryl/α,β-unsaturated/α-hetero) is 1. The van der Waals surface area contributed by atoms with E-state index < -0.39 is 5.92 Å². The highest BCUT2D eigenvalue weighted by molar-refractivity contribution is 6.08. The lowest BCUT2D eigenvalue weighted by molar-refractivity contribution is -0.149. The van der Waals surface area contributed by atoms with Gasteiger partial charge in [-0.15, -0.1) is 0 Å². The van der Waals surface area contributed by atoms with Crippen LogP contribution in [0.3, 0.4) is 0 Å². The number of benzene rings is 1. The molecule has 0 N–H and O–H groups in total. The number of hydrogen-bond acceptors (Lipinski definition) is 5. The Balaban J connectivity index is 1.66. The van der Waals surface area contributed by atoms with E-state index in [2.05, 4.69) is 4.99 Å². The van der Waals surface area contributed by atoms with Crippen molar-refractivity contribution in [3.63, 3.8) is 0 Å². The second-order valence-corrected chi connectivity index (χ2v) is 7.52. The molecule has 0 aromatic heterocycles. The monoisotopic (exact) mass is 367 g/mol. The average Bonchev–Trinajstić information content (AvgIpc) is 3.19. The second-order valence-electron chi connectivity index (χ2n) is 7.52. The molecule has 2 heterocycles. The molecule has 0 bridgehead atoms. The van der Waals surface area contributed by atoms with E-state index in [4.69, 9.17) is 9.47 Å². The van der Waals surface area contributed by atoms with Crippen LogP contribution in [0.5, 0.6) is 0 Å². The van der Waals surface area contributed by atoms with Gasteiger partial charge in [0.1, 0.15) is 12.5 Å². The predicted octanol–water partition coefficient (Wildman–Crippen LogP) is 3.59. The smallest absolute Gasteiger partial charge is 0.315 e. The topological polar surface area (TPSA) is 65.0 Å². The largest absolute Gasteiger partial charge is 0.462 e. The van der Waals surface area contributed by atoms with Gasteiger partial charge in [0.15, 0.2) is 5.78 Å². The first-order valence-corrected chi connectivity index (χ1v) is 9.79. The molecule has 3 atom stereocenters. The van der Waals surface area contributed by atoms with Crippen LogP contribution in [0.4, 0.5) is 0 Å². The highest BCUT2D eigenvalue weighted by Gasteiger charge is 2.43. The lowest BCUT2D eigenvalue weighted by atomic mass is 9.72. The van der Waals surface area contributed by atoms with E-state index >= 15 is 0 Å². The Hall–Kier alpha value is -2.27. The van der Waals surface area contributed by atoms with Crippen molar-refractivity contribution >= 4 is 17.5 Å². The van der Waals surface area contributed by atoms with Crippen LogP contribution in [0.15, 0.2) is 46.6 Å². The lowest BCUT2D eigenvalue weighted by Crippen LogP contribution is -2.38. The fraction of sp³-hybridized carbons (Fsp3) is 0.500. The number of aliphatic imine (C=N–C) groups is 1. The molecule has 1 aliphatic carbocycles. The summed E-state index contributed by atoms with van der Waals surface area (Å²) >= 11 is 0. The number of carbonyl (C=O) groups is 2. The maximum Gasteiger partial charge on any atom is 0.315 e. The van der Waals surface area contributed by atoms with Crippen LogP contribution in [0.25, 0.3) is 0 Å². The first kappa shape index (κ1) is 18.1. The highest BCUT2D eigenvalue weighted by Crippen LogP contribution is 2.43. The zero-order chi connectivity index (χ0) is 18.8. The first-order valence-electron chi connectivity index (χ1n) is 9.79. The fourth-order valence-electron chi connectivity index (χ4n) is 4.37. The molecule has 2 aliphatic heterocycles. The molecule has 0 amide bonds. The Morgan fingerprint density at radius 3 is 2.78 bits per heavy atom. The minimum Gasteiger partial charge on any atom is -0.462 e. The third kappa shape index (κ3) is 3.61. The molecule has 1 fully saturated rings. The van der Waals surface area contributed by atoms with Gasteiger partial charge in [0, 0.05) is 35.9 Å². The third-order valence-electron chi connectivity index (χ3n) is 5.68. The summed E-state index contributed by atoms with van der Waals surface area (Å²) < 4.78 is 11.2. The Bertz CT molecular complexity index is 790. The first-order chi connectivity index (χ1) is 13.1. The van der Waals surface area contributed by atoms with Gasteiger partial charge in [0.2, 0.25) is 0 Å². The second kappa shape index (κ2) is 7.77. The summed E-state index contributed by atoms with van der Waals surface area (Å²) in [6.45, 7) is 2.87. The van der Waals surface area contributed by atoms with Gasteiger partial charge in [-0.2, -0.15) is 0 Å². The molecule has 4 rings (SSSR count). The van der Waals surface area contributed by atoms with E-state index in [1.54, 1.807) is 0 Å². The molecule has 1 aromatic carbocycles. The van der Waals surface area contributed by atoms with Crippen molar-refractivity contribution in [1.29, 1.82) is 0 Å². The summed E-state index contributed by atoms with van der Waals surface area (Å²) in [5, 5.41) is 0. The van der Waals surface area contributed by atoms with Gasteiger partial charge in [-0.3, -0.25) is 14.6 Å². The Morgan fingerprint density at radius 2 is 2.04 bits per heavy atom. The summed E-state index contributed by atoms with van der Waals surface area (Å²) in [7, 11) is 0. The quantitative estimate of drug-likeness (QED) is 0.763. The Labute approximate surface area is 159 Å². The maximum absolute atomic E-state index is 13.0. The van der Waals surface area contributed by atoms with Crippen molar-refractivity contribution in [2.45, 2.75) is 51.0 Å². The minimum atomic E-state index is -0.561. The summed E-state index contributed by atoms with van der Waals surface area (Å²) in [5.41, 5.74) is 3.25. The van der Waals surface area contributed by atoms with E-state index in [0.717, 1.165) is 49.3 Å². The van der Waals surface area contributed by atoms with Crippen molar-refractivity contribution in [2.24, 2.45) is 10.9 Å². The SMILES string of the molecule is CC1=NC2=C(C(=O)CCC2)C(c2ccccc2)C1C(=O)OCC1CCCO1. The molecule has 5 heteroatoms. The average molecular weight is 367 g/mol. The maximum atomic E-state index is 13.0. The van der Waals surface area contributed by atoms with Crippen molar-refractivity contribution < 1.29 is 19.1 Å². The third-order valence-corrected chi connectivity index (χ3v) is 5.68. The molecule has 3 aliphatic rings. The number of allylic oxidation sites excluding steroid dienone is 2. The van der Waals surface area contributed by atoms with E-state index in [1.165, 1.54) is 0 Å². The summed E-state index contributed by atoms with van der Waals surface area (Å²) in [5.74, 6) is -1.08. The molecule has 3 unspecified atom stereocenters. The van der Waals surface area contributed by atoms with Gasteiger partial charge in [0.05, 0.1) is 6.10 Å². The van der Waals surface area contributed by atoms with Gasteiger partial charge in [-0.25, -0.2) is 0 Å². The van der Waals surface area contributed by atoms with Crippen LogP contribution in [-0.4, -0.2) is 36.8 Å². The van der Waals surface area contributed by atoms with Crippen LogP contribution < -0.4 is 0 Å². The molecule has 1 aromatic rings. The molecular weight excluding hydrogens is 342 g/mol. The van der Waals surface area contributed by atoms with Crippen molar-refractivity contribution in [1.82, 2.24) is 0 Å². The number of esters is 1. The number of ether oxygens (including phenoxy) is 2. The van der Waals surface area contributed by atoms with Gasteiger partial charge in [-0.05, 0) is 38.2 Å². The number of hydrogen-bond donors (Lipinski definition) is 0. The summed E-state index contributed by atoms with van der Waals surface area (Å²) in [4.78, 5) is 30.4. The zero-order valence-electron chi connectivity index (χ0n) is 15.6. The van der Waals surface area contributed by atoms with E-state index in [-0.39, 0.29) is 30.4 Å². The molecule has 0 saturated carbocycles. The van der Waals surface area contributed by atoms with Crippen molar-refractivity contribution in [3.05, 3.63) is 47.2 Å². The molecule has 0 spiro atoms. The molecule has 1 saturated heterocycles. The van der Waals surface area contributed by atoms with Crippen LogP contribution in [-0.2, 0) is 19.1 Å². The van der Waals surface area contributed by atoms with Crippen molar-refractivity contribution in [2.75, 3.05) is 13.2 Å². The van der Waals surface area contributed by atoms with Crippen LogP contribution in [0.1, 0.15) is 50.5 Å². The Kier molecular flexibility index (Phi) is 5.21. The molecule has 27 heavy (non-hydrogen) atoms. The number of carbonyl (C=O) groups excluding carboxylic acids is 2. The van der Waals surface area contributed by atoms with Crippen LogP contribution in [0.2, 0.25) is 0 Å². The summed E-state index contributed by atoms with van der Waals surface area (Å²) in [6.07, 6.45) is 4.04. The standard InChI is InChI=1S/C22H25NO4/c1-14-19(22(25)27-13-16-9-6-12-26-16)20(15-7-3-2-4-8-15)21-17(23-14)10-5-11-18(21)24/h2-4,7-8,16,19-20H,5-6,9-13H2,1H3. The summed E-state index contributed by atoms with van der Waals surface area (Å²) in [6, 6.07) is 9.79. The lowest BCUT2D eigenvalue weighted by Gasteiger charge is -2.34. The highest BCUT2D eigenvalue weighted by atomic mass is 16.6. The van der Waals surface area contributed by atoms with Gasteiger partial charge in [0.25, 0.3) is 0 Å². The van der Waals surface area contributed by atoms with Gasteiger partial charge in [-0.1, -0.05) is 30.3 Å². The number of nitrogens with zero attached hydrogens (tertiary/aromatic N) is 1. The van der Waals surface area contributed by atoms with E-state index in [0.29, 0.717) is 12.0 Å². The van der Waals surface area contributed by atoms with E-state index in [9.17, 15) is 9.59 Å². The minimum absolute atomic E-state index is 0.0175. The van der Waals surface area contributed by atoms with Gasteiger partial charge < -0.3 is 9.47 Å². The van der Waals surface area contributed by atoms with Crippen molar-refractivity contribution in [3.8, 4) is 0 Å². The van der Waals surface area contributed by atoms with Crippen LogP contribution in [0, 0.1) is 5.92 Å². The van der Waals surface area contributed by atoms with Crippen LogP contribution >= 0.6 is 0 Å².